The molecular weight excluding hydrogens is 223 g/mol. The number of nitrogens with two attached hydrogens (primary N) is 1. The zero-order chi connectivity index (χ0) is 10.9. The Morgan fingerprint density at radius 1 is 1.07 bits per heavy atom. The Morgan fingerprint density at radius 3 is 2.00 bits per heavy atom. The van der Waals surface area contributed by atoms with Crippen molar-refractivity contribution in [1.29, 1.82) is 0 Å². The Kier molecular flexibility index (Phi) is 14.1. The van der Waals surface area contributed by atoms with Crippen molar-refractivity contribution in [1.82, 2.24) is 5.32 Å². The molecule has 0 fully saturated rings. The van der Waals surface area contributed by atoms with Crippen LogP contribution in [0.25, 0.3) is 0 Å². The van der Waals surface area contributed by atoms with Crippen LogP contribution in [-0.4, -0.2) is 79.3 Å². The molecule has 0 rings (SSSR count). The van der Waals surface area contributed by atoms with Gasteiger partial charge in [-0.3, -0.25) is 0 Å². The Balaban J connectivity index is 0. The molecule has 0 aliphatic rings. The van der Waals surface area contributed by atoms with Gasteiger partial charge in [-0.2, -0.15) is 0 Å². The van der Waals surface area contributed by atoms with Gasteiger partial charge in [0.2, 0.25) is 0 Å². The van der Waals surface area contributed by atoms with Crippen molar-refractivity contribution in [2.24, 2.45) is 5.73 Å². The molecule has 88 valence electrons. The third-order valence-corrected chi connectivity index (χ3v) is 4.92. The normalized spacial score (nSPS) is 11.2. The summed E-state index contributed by atoms with van der Waals surface area (Å²) in [7, 11) is 2.55. The van der Waals surface area contributed by atoms with E-state index >= 15 is 0 Å². The first-order valence-corrected chi connectivity index (χ1v) is 6.74. The van der Waals surface area contributed by atoms with Gasteiger partial charge >= 0.3 is 38.4 Å². The van der Waals surface area contributed by atoms with E-state index in [4.69, 9.17) is 19.0 Å². The van der Waals surface area contributed by atoms with Crippen LogP contribution in [0.1, 0.15) is 6.42 Å². The van der Waals surface area contributed by atoms with E-state index in [-0.39, 0.29) is 29.6 Å². The third kappa shape index (κ3) is 7.84. The van der Waals surface area contributed by atoms with E-state index in [9.17, 15) is 0 Å². The molecular formula is C8H23N2NaO3Si. The molecule has 0 heterocycles. The van der Waals surface area contributed by atoms with Crippen LogP contribution in [0.3, 0.4) is 0 Å². The van der Waals surface area contributed by atoms with E-state index in [1.165, 1.54) is 0 Å². The van der Waals surface area contributed by atoms with Crippen molar-refractivity contribution < 1.29 is 13.3 Å². The van der Waals surface area contributed by atoms with Gasteiger partial charge in [0.15, 0.2) is 0 Å². The summed E-state index contributed by atoms with van der Waals surface area (Å²) in [4.78, 5) is 0. The van der Waals surface area contributed by atoms with Gasteiger partial charge in [-0.25, -0.2) is 0 Å². The molecule has 0 aliphatic heterocycles. The van der Waals surface area contributed by atoms with Crippen LogP contribution in [-0.2, 0) is 13.3 Å². The van der Waals surface area contributed by atoms with Crippen molar-refractivity contribution in [2.75, 3.05) is 41.0 Å². The number of hydrogen-bond acceptors (Lipinski definition) is 5. The fourth-order valence-corrected chi connectivity index (χ4v) is 2.94. The second-order valence-corrected chi connectivity index (χ2v) is 6.03. The number of rotatable bonds is 9. The molecule has 0 atom stereocenters. The summed E-state index contributed by atoms with van der Waals surface area (Å²) in [6.07, 6.45) is 0.974. The monoisotopic (exact) mass is 246 g/mol. The van der Waals surface area contributed by atoms with E-state index < -0.39 is 8.80 Å². The van der Waals surface area contributed by atoms with Gasteiger partial charge in [0, 0.05) is 40.5 Å². The predicted octanol–water partition coefficient (Wildman–Crippen LogP) is -0.846. The maximum atomic E-state index is 5.35. The van der Waals surface area contributed by atoms with Crippen molar-refractivity contribution >= 4 is 38.4 Å². The summed E-state index contributed by atoms with van der Waals surface area (Å²) >= 11 is 0. The van der Waals surface area contributed by atoms with Gasteiger partial charge in [-0.1, -0.05) is 0 Å². The molecule has 0 amide bonds. The second-order valence-electron chi connectivity index (χ2n) is 2.94. The first-order valence-electron chi connectivity index (χ1n) is 4.81. The molecule has 3 N–H and O–H groups in total. The van der Waals surface area contributed by atoms with Gasteiger partial charge < -0.3 is 24.3 Å². The average molecular weight is 246 g/mol. The van der Waals surface area contributed by atoms with E-state index in [2.05, 4.69) is 5.32 Å². The van der Waals surface area contributed by atoms with Gasteiger partial charge in [0.05, 0.1) is 0 Å². The third-order valence-electron chi connectivity index (χ3n) is 2.09. The van der Waals surface area contributed by atoms with Crippen LogP contribution in [0, 0.1) is 0 Å². The number of nitrogens with one attached hydrogen (secondary N) is 1. The molecule has 0 aromatic heterocycles. The van der Waals surface area contributed by atoms with E-state index in [0.29, 0.717) is 6.54 Å². The van der Waals surface area contributed by atoms with E-state index in [1.807, 2.05) is 0 Å². The Morgan fingerprint density at radius 2 is 1.60 bits per heavy atom. The van der Waals surface area contributed by atoms with Crippen LogP contribution in [0.4, 0.5) is 0 Å². The summed E-state index contributed by atoms with van der Waals surface area (Å²) in [6.45, 7) is 2.44. The summed E-state index contributed by atoms with van der Waals surface area (Å²) in [5.41, 5.74) is 5.35. The van der Waals surface area contributed by atoms with Crippen LogP contribution in [0.5, 0.6) is 0 Å². The molecule has 0 unspecified atom stereocenters. The van der Waals surface area contributed by atoms with E-state index in [1.54, 1.807) is 21.3 Å². The molecule has 7 heteroatoms. The fourth-order valence-electron chi connectivity index (χ4n) is 1.21. The van der Waals surface area contributed by atoms with Crippen LogP contribution >= 0.6 is 0 Å². The molecule has 0 bridgehead atoms. The molecule has 0 radical (unpaired) electrons. The zero-order valence-corrected chi connectivity index (χ0v) is 10.3. The van der Waals surface area contributed by atoms with Gasteiger partial charge in [0.25, 0.3) is 0 Å². The molecule has 0 aromatic carbocycles. The van der Waals surface area contributed by atoms with Crippen molar-refractivity contribution in [3.63, 3.8) is 0 Å². The van der Waals surface area contributed by atoms with Crippen LogP contribution in [0.2, 0.25) is 6.04 Å². The first-order chi connectivity index (χ1) is 6.74. The topological polar surface area (TPSA) is 65.7 Å². The first kappa shape index (κ1) is 18.4. The average Bonchev–Trinajstić information content (AvgIpc) is 2.24. The van der Waals surface area contributed by atoms with Crippen LogP contribution < -0.4 is 11.1 Å². The van der Waals surface area contributed by atoms with Gasteiger partial charge in [-0.05, 0) is 13.0 Å². The maximum absolute atomic E-state index is 5.35. The Hall–Kier alpha value is 1.02. The molecule has 0 aromatic rings. The van der Waals surface area contributed by atoms with Crippen molar-refractivity contribution in [3.8, 4) is 0 Å². The second kappa shape index (κ2) is 11.5. The van der Waals surface area contributed by atoms with Crippen LogP contribution in [0.15, 0.2) is 0 Å². The minimum absolute atomic E-state index is 0. The zero-order valence-electron chi connectivity index (χ0n) is 9.34. The SMILES string of the molecule is CO[Si](CCCNCCN)(OC)OC.[NaH]. The minimum atomic E-state index is -2.35. The summed E-state index contributed by atoms with van der Waals surface area (Å²) < 4.78 is 15.9. The fraction of sp³-hybridized carbons (Fsp3) is 1.00. The molecule has 5 nitrogen and oxygen atoms in total. The molecule has 0 saturated heterocycles. The molecule has 0 spiro atoms. The summed E-state index contributed by atoms with van der Waals surface area (Å²) in [5.74, 6) is 0. The number of hydrogen-bond donors (Lipinski definition) is 2. The summed E-state index contributed by atoms with van der Waals surface area (Å²) in [6, 6.07) is 0.827. The molecule has 15 heavy (non-hydrogen) atoms. The Bertz CT molecular complexity index is 131. The van der Waals surface area contributed by atoms with Gasteiger partial charge in [-0.15, -0.1) is 0 Å². The summed E-state index contributed by atoms with van der Waals surface area (Å²) in [5, 5.41) is 3.21. The van der Waals surface area contributed by atoms with Crippen molar-refractivity contribution in [2.45, 2.75) is 12.5 Å². The van der Waals surface area contributed by atoms with E-state index in [0.717, 1.165) is 25.6 Å². The standard InChI is InChI=1S/C8H22N2O3Si.Na.H/c1-11-14(12-2,13-3)8-4-6-10-7-5-9;;/h10H,4-9H2,1-3H3;;. The van der Waals surface area contributed by atoms with Crippen molar-refractivity contribution in [3.05, 3.63) is 0 Å². The van der Waals surface area contributed by atoms with Gasteiger partial charge in [0.1, 0.15) is 0 Å². The molecule has 0 saturated carbocycles. The molecule has 0 aliphatic carbocycles. The quantitative estimate of drug-likeness (QED) is 0.410. The predicted molar refractivity (Wildman–Crippen MR) is 65.3 cm³/mol. The Labute approximate surface area is 116 Å².